The summed E-state index contributed by atoms with van der Waals surface area (Å²) in [6, 6.07) is 0.0358. The first-order chi connectivity index (χ1) is 8.20. The van der Waals surface area contributed by atoms with Crippen LogP contribution in [0.15, 0.2) is 6.20 Å². The number of carbonyl (C=O) groups excluding carboxylic acids is 1. The minimum absolute atomic E-state index is 0.0358. The van der Waals surface area contributed by atoms with E-state index in [1.54, 1.807) is 0 Å². The average Bonchev–Trinajstić information content (AvgIpc) is 2.86. The molecule has 0 saturated carbocycles. The van der Waals surface area contributed by atoms with Crippen LogP contribution in [-0.2, 0) is 13.5 Å². The second kappa shape index (κ2) is 5.07. The highest BCUT2D eigenvalue weighted by molar-refractivity contribution is 5.76. The van der Waals surface area contributed by atoms with Crippen molar-refractivity contribution in [3.63, 3.8) is 0 Å². The number of hydrogen-bond acceptors (Lipinski definition) is 3. The third-order valence-electron chi connectivity index (χ3n) is 2.88. The number of nitrogens with zero attached hydrogens (tertiary/aromatic N) is 3. The number of rotatable bonds is 5. The summed E-state index contributed by atoms with van der Waals surface area (Å²) in [6.07, 6.45) is 2.89. The summed E-state index contributed by atoms with van der Waals surface area (Å²) in [4.78, 5) is 13.1. The van der Waals surface area contributed by atoms with Crippen molar-refractivity contribution < 1.29 is 4.79 Å². The van der Waals surface area contributed by atoms with Crippen LogP contribution in [0, 0.1) is 0 Å². The molecule has 0 bridgehead atoms. The fourth-order valence-electron chi connectivity index (χ4n) is 1.99. The van der Waals surface area contributed by atoms with Gasteiger partial charge in [0, 0.05) is 39.4 Å². The van der Waals surface area contributed by atoms with E-state index < -0.39 is 0 Å². The van der Waals surface area contributed by atoms with Gasteiger partial charge in [0.25, 0.3) is 0 Å². The van der Waals surface area contributed by atoms with Crippen LogP contribution in [0.25, 0.3) is 0 Å². The van der Waals surface area contributed by atoms with Gasteiger partial charge in [0.2, 0.25) is 0 Å². The van der Waals surface area contributed by atoms with Crippen LogP contribution in [0.1, 0.15) is 12.6 Å². The van der Waals surface area contributed by atoms with E-state index in [9.17, 15) is 4.79 Å². The van der Waals surface area contributed by atoms with Crippen LogP contribution in [0.2, 0.25) is 0 Å². The summed E-state index contributed by atoms with van der Waals surface area (Å²) in [5.41, 5.74) is 2.13. The second-order valence-electron chi connectivity index (χ2n) is 4.16. The standard InChI is InChI=1S/C11H19N5O/c1-3-9-10(8-15(2)14-9)12-4-6-16-7-5-13-11(16)17/h8,12H,3-7H2,1-2H3,(H,13,17). The largest absolute Gasteiger partial charge is 0.380 e. The molecular weight excluding hydrogens is 218 g/mol. The predicted molar refractivity (Wildman–Crippen MR) is 66.0 cm³/mol. The summed E-state index contributed by atoms with van der Waals surface area (Å²) >= 11 is 0. The minimum atomic E-state index is 0.0358. The number of amides is 2. The fourth-order valence-corrected chi connectivity index (χ4v) is 1.99. The van der Waals surface area contributed by atoms with E-state index in [4.69, 9.17) is 0 Å². The molecule has 0 aromatic carbocycles. The maximum absolute atomic E-state index is 11.3. The van der Waals surface area contributed by atoms with E-state index in [-0.39, 0.29) is 6.03 Å². The molecule has 1 aromatic heterocycles. The molecule has 2 rings (SSSR count). The highest BCUT2D eigenvalue weighted by atomic mass is 16.2. The lowest BCUT2D eigenvalue weighted by Gasteiger charge is -2.14. The van der Waals surface area contributed by atoms with Crippen LogP contribution in [0.4, 0.5) is 10.5 Å². The van der Waals surface area contributed by atoms with Crippen LogP contribution >= 0.6 is 0 Å². The number of urea groups is 1. The summed E-state index contributed by atoms with van der Waals surface area (Å²) in [6.45, 7) is 5.12. The van der Waals surface area contributed by atoms with Gasteiger partial charge in [-0.15, -0.1) is 0 Å². The molecule has 0 atom stereocenters. The van der Waals surface area contributed by atoms with Crippen molar-refractivity contribution in [2.24, 2.45) is 7.05 Å². The van der Waals surface area contributed by atoms with Gasteiger partial charge in [0.1, 0.15) is 0 Å². The van der Waals surface area contributed by atoms with Crippen molar-refractivity contribution in [3.8, 4) is 0 Å². The maximum Gasteiger partial charge on any atom is 0.317 e. The number of anilines is 1. The Labute approximate surface area is 101 Å². The topological polar surface area (TPSA) is 62.2 Å². The van der Waals surface area contributed by atoms with Crippen LogP contribution < -0.4 is 10.6 Å². The molecule has 1 fully saturated rings. The monoisotopic (exact) mass is 237 g/mol. The number of aromatic nitrogens is 2. The Hall–Kier alpha value is -1.72. The first kappa shape index (κ1) is 11.8. The molecule has 0 aliphatic carbocycles. The molecule has 1 aromatic rings. The zero-order valence-corrected chi connectivity index (χ0v) is 10.4. The number of hydrogen-bond donors (Lipinski definition) is 2. The van der Waals surface area contributed by atoms with E-state index in [2.05, 4.69) is 22.7 Å². The molecule has 6 heteroatoms. The molecule has 2 N–H and O–H groups in total. The van der Waals surface area contributed by atoms with Gasteiger partial charge < -0.3 is 15.5 Å². The van der Waals surface area contributed by atoms with Gasteiger partial charge in [-0.1, -0.05) is 6.92 Å². The normalized spacial score (nSPS) is 15.2. The second-order valence-corrected chi connectivity index (χ2v) is 4.16. The number of carbonyl (C=O) groups is 1. The highest BCUT2D eigenvalue weighted by Crippen LogP contribution is 2.13. The van der Waals surface area contributed by atoms with Gasteiger partial charge in [0.05, 0.1) is 11.4 Å². The average molecular weight is 237 g/mol. The van der Waals surface area contributed by atoms with Crippen molar-refractivity contribution in [2.45, 2.75) is 13.3 Å². The molecule has 1 aliphatic heterocycles. The van der Waals surface area contributed by atoms with Crippen molar-refractivity contribution in [1.82, 2.24) is 20.0 Å². The van der Waals surface area contributed by atoms with E-state index >= 15 is 0 Å². The lowest BCUT2D eigenvalue weighted by Crippen LogP contribution is -2.32. The summed E-state index contributed by atoms with van der Waals surface area (Å²) in [7, 11) is 1.91. The predicted octanol–water partition coefficient (Wildman–Crippen LogP) is 0.420. The zero-order valence-electron chi connectivity index (χ0n) is 10.4. The smallest absolute Gasteiger partial charge is 0.317 e. The highest BCUT2D eigenvalue weighted by Gasteiger charge is 2.18. The van der Waals surface area contributed by atoms with Gasteiger partial charge in [-0.2, -0.15) is 5.10 Å². The summed E-state index contributed by atoms with van der Waals surface area (Å²) < 4.78 is 1.81. The summed E-state index contributed by atoms with van der Waals surface area (Å²) in [5, 5.41) is 10.5. The molecular formula is C11H19N5O. The van der Waals surface area contributed by atoms with Gasteiger partial charge >= 0.3 is 6.03 Å². The van der Waals surface area contributed by atoms with E-state index in [1.165, 1.54) is 0 Å². The van der Waals surface area contributed by atoms with Crippen molar-refractivity contribution in [1.29, 1.82) is 0 Å². The van der Waals surface area contributed by atoms with E-state index in [1.807, 2.05) is 22.8 Å². The van der Waals surface area contributed by atoms with Crippen LogP contribution in [-0.4, -0.2) is 46.9 Å². The molecule has 1 saturated heterocycles. The third-order valence-corrected chi connectivity index (χ3v) is 2.88. The minimum Gasteiger partial charge on any atom is -0.380 e. The lowest BCUT2D eigenvalue weighted by atomic mass is 10.3. The molecule has 1 aliphatic rings. The van der Waals surface area contributed by atoms with Gasteiger partial charge in [-0.25, -0.2) is 4.79 Å². The molecule has 6 nitrogen and oxygen atoms in total. The fraction of sp³-hybridized carbons (Fsp3) is 0.636. The first-order valence-electron chi connectivity index (χ1n) is 6.00. The molecule has 0 spiro atoms. The van der Waals surface area contributed by atoms with Gasteiger partial charge in [-0.05, 0) is 6.42 Å². The maximum atomic E-state index is 11.3. The molecule has 0 unspecified atom stereocenters. The number of aryl methyl sites for hydroxylation is 2. The van der Waals surface area contributed by atoms with Crippen molar-refractivity contribution in [2.75, 3.05) is 31.5 Å². The molecule has 0 radical (unpaired) electrons. The molecule has 94 valence electrons. The van der Waals surface area contributed by atoms with E-state index in [0.717, 1.165) is 44.0 Å². The van der Waals surface area contributed by atoms with E-state index in [0.29, 0.717) is 0 Å². The number of nitrogens with one attached hydrogen (secondary N) is 2. The van der Waals surface area contributed by atoms with Crippen LogP contribution in [0.5, 0.6) is 0 Å². The quantitative estimate of drug-likeness (QED) is 0.780. The Bertz CT molecular complexity index is 401. The molecule has 17 heavy (non-hydrogen) atoms. The first-order valence-corrected chi connectivity index (χ1v) is 6.00. The summed E-state index contributed by atoms with van der Waals surface area (Å²) in [5.74, 6) is 0. The Morgan fingerprint density at radius 2 is 2.41 bits per heavy atom. The molecule has 2 amide bonds. The Balaban J connectivity index is 1.83. The zero-order chi connectivity index (χ0) is 12.3. The Kier molecular flexibility index (Phi) is 3.51. The van der Waals surface area contributed by atoms with Gasteiger partial charge in [-0.3, -0.25) is 4.68 Å². The Morgan fingerprint density at radius 3 is 3.06 bits per heavy atom. The Morgan fingerprint density at radius 1 is 1.59 bits per heavy atom. The lowest BCUT2D eigenvalue weighted by molar-refractivity contribution is 0.219. The SMILES string of the molecule is CCc1nn(C)cc1NCCN1CCNC1=O. The van der Waals surface area contributed by atoms with Crippen LogP contribution in [0.3, 0.4) is 0 Å². The van der Waals surface area contributed by atoms with Crippen molar-refractivity contribution >= 4 is 11.7 Å². The third kappa shape index (κ3) is 2.69. The molecule has 2 heterocycles. The van der Waals surface area contributed by atoms with Crippen molar-refractivity contribution in [3.05, 3.63) is 11.9 Å². The van der Waals surface area contributed by atoms with Gasteiger partial charge in [0.15, 0.2) is 0 Å².